The van der Waals surface area contributed by atoms with Gasteiger partial charge in [0.25, 0.3) is 0 Å². The number of hydrogen-bond donors (Lipinski definition) is 0. The first-order valence-electron chi connectivity index (χ1n) is 7.39. The Labute approximate surface area is 150 Å². The number of hydrogen-bond acceptors (Lipinski definition) is 5. The van der Waals surface area contributed by atoms with Gasteiger partial charge in [0.2, 0.25) is 5.88 Å². The zero-order valence-corrected chi connectivity index (χ0v) is 15.4. The van der Waals surface area contributed by atoms with Gasteiger partial charge in [-0.25, -0.2) is 14.6 Å². The second-order valence-corrected chi connectivity index (χ2v) is 6.95. The lowest BCUT2D eigenvalue weighted by atomic mass is 10.4. The average molecular weight is 361 g/mol. The lowest BCUT2D eigenvalue weighted by Crippen LogP contribution is -2.00. The molecule has 0 aliphatic heterocycles. The van der Waals surface area contributed by atoms with Gasteiger partial charge >= 0.3 is 6.01 Å². The Morgan fingerprint density at radius 2 is 1.67 bits per heavy atom. The zero-order chi connectivity index (χ0) is 17.3. The number of benzene rings is 1. The lowest BCUT2D eigenvalue weighted by molar-refractivity contribution is 0.388. The van der Waals surface area contributed by atoms with Crippen LogP contribution in [0.4, 0.5) is 0 Å². The van der Waals surface area contributed by atoms with E-state index >= 15 is 0 Å². The highest BCUT2D eigenvalue weighted by atomic mass is 35.5. The largest absolute Gasteiger partial charge is 0.404 e. The minimum absolute atomic E-state index is 0.327. The Hall–Kier alpha value is -2.05. The second-order valence-electron chi connectivity index (χ2n) is 5.43. The Bertz CT molecular complexity index is 857. The van der Waals surface area contributed by atoms with Crippen molar-refractivity contribution in [2.24, 2.45) is 7.05 Å². The minimum Gasteiger partial charge on any atom is -0.404 e. The predicted molar refractivity (Wildman–Crippen MR) is 95.1 cm³/mol. The molecule has 3 aromatic rings. The molecule has 1 aromatic carbocycles. The van der Waals surface area contributed by atoms with Gasteiger partial charge < -0.3 is 4.74 Å². The maximum absolute atomic E-state index is 5.95. The van der Waals surface area contributed by atoms with Crippen molar-refractivity contribution in [3.05, 3.63) is 52.4 Å². The van der Waals surface area contributed by atoms with E-state index in [2.05, 4.69) is 15.1 Å². The third kappa shape index (κ3) is 3.71. The number of ether oxygens (including phenoxy) is 1. The fourth-order valence-corrected chi connectivity index (χ4v) is 3.38. The first kappa shape index (κ1) is 16.8. The summed E-state index contributed by atoms with van der Waals surface area (Å²) in [5.74, 6) is 0.623. The van der Waals surface area contributed by atoms with E-state index in [1.54, 1.807) is 16.4 Å². The Morgan fingerprint density at radius 3 is 2.29 bits per heavy atom. The quantitative estimate of drug-likeness (QED) is 0.673. The van der Waals surface area contributed by atoms with Crippen molar-refractivity contribution in [1.82, 2.24) is 19.7 Å². The van der Waals surface area contributed by atoms with Crippen LogP contribution in [0.15, 0.2) is 40.1 Å². The van der Waals surface area contributed by atoms with Crippen molar-refractivity contribution in [2.45, 2.75) is 30.6 Å². The van der Waals surface area contributed by atoms with Crippen molar-refractivity contribution >= 4 is 23.4 Å². The molecule has 0 atom stereocenters. The molecule has 7 heteroatoms. The molecular weight excluding hydrogens is 344 g/mol. The molecule has 0 aliphatic carbocycles. The zero-order valence-electron chi connectivity index (χ0n) is 13.9. The molecule has 24 heavy (non-hydrogen) atoms. The predicted octanol–water partition coefficient (Wildman–Crippen LogP) is 4.73. The highest BCUT2D eigenvalue weighted by Crippen LogP contribution is 2.38. The topological polar surface area (TPSA) is 52.8 Å². The first-order chi connectivity index (χ1) is 11.4. The third-order valence-corrected chi connectivity index (χ3v) is 4.73. The molecule has 124 valence electrons. The van der Waals surface area contributed by atoms with Gasteiger partial charge in [-0.1, -0.05) is 23.4 Å². The van der Waals surface area contributed by atoms with Crippen LogP contribution in [-0.4, -0.2) is 19.7 Å². The molecule has 0 spiro atoms. The summed E-state index contributed by atoms with van der Waals surface area (Å²) in [4.78, 5) is 10.7. The molecule has 0 saturated carbocycles. The lowest BCUT2D eigenvalue weighted by Gasteiger charge is -2.08. The molecule has 0 bridgehead atoms. The SMILES string of the molecule is Cc1cc(C)nc(Oc2c(Sc3ccc(Cl)cc3)c(C)nn2C)n1. The number of rotatable bonds is 4. The third-order valence-electron chi connectivity index (χ3n) is 3.30. The summed E-state index contributed by atoms with van der Waals surface area (Å²) in [6.45, 7) is 5.78. The Kier molecular flexibility index (Phi) is 4.78. The van der Waals surface area contributed by atoms with Crippen molar-refractivity contribution in [1.29, 1.82) is 0 Å². The van der Waals surface area contributed by atoms with E-state index in [1.165, 1.54) is 0 Å². The van der Waals surface area contributed by atoms with Crippen molar-refractivity contribution in [2.75, 3.05) is 0 Å². The summed E-state index contributed by atoms with van der Waals surface area (Å²) < 4.78 is 7.65. The standard InChI is InChI=1S/C17H17ClN4OS/c1-10-9-11(2)20-17(19-10)23-16-15(12(3)21-22(16)4)24-14-7-5-13(18)6-8-14/h5-9H,1-4H3. The molecule has 0 amide bonds. The van der Waals surface area contributed by atoms with Gasteiger partial charge in [-0.2, -0.15) is 5.10 Å². The van der Waals surface area contributed by atoms with E-state index in [0.29, 0.717) is 16.9 Å². The van der Waals surface area contributed by atoms with Gasteiger partial charge in [-0.05, 0) is 51.1 Å². The average Bonchev–Trinajstić information content (AvgIpc) is 2.75. The van der Waals surface area contributed by atoms with Gasteiger partial charge in [0, 0.05) is 28.4 Å². The van der Waals surface area contributed by atoms with E-state index in [-0.39, 0.29) is 0 Å². The normalized spacial score (nSPS) is 10.9. The van der Waals surface area contributed by atoms with Gasteiger partial charge in [0.1, 0.15) is 0 Å². The molecule has 5 nitrogen and oxygen atoms in total. The summed E-state index contributed by atoms with van der Waals surface area (Å²) in [5, 5.41) is 5.17. The Balaban J connectivity index is 1.94. The fraction of sp³-hybridized carbons (Fsp3) is 0.235. The maximum Gasteiger partial charge on any atom is 0.323 e. The van der Waals surface area contributed by atoms with E-state index < -0.39 is 0 Å². The Morgan fingerprint density at radius 1 is 1.04 bits per heavy atom. The van der Waals surface area contributed by atoms with Crippen LogP contribution in [0.3, 0.4) is 0 Å². The van der Waals surface area contributed by atoms with E-state index in [0.717, 1.165) is 26.9 Å². The van der Waals surface area contributed by atoms with Crippen LogP contribution in [0.5, 0.6) is 11.9 Å². The number of aryl methyl sites for hydroxylation is 4. The molecular formula is C17H17ClN4OS. The van der Waals surface area contributed by atoms with Crippen LogP contribution in [0, 0.1) is 20.8 Å². The number of aromatic nitrogens is 4. The van der Waals surface area contributed by atoms with Crippen molar-refractivity contribution < 1.29 is 4.74 Å². The fourth-order valence-electron chi connectivity index (χ4n) is 2.29. The highest BCUT2D eigenvalue weighted by Gasteiger charge is 2.18. The van der Waals surface area contributed by atoms with Crippen LogP contribution in [0.2, 0.25) is 5.02 Å². The van der Waals surface area contributed by atoms with Crippen LogP contribution in [-0.2, 0) is 7.05 Å². The highest BCUT2D eigenvalue weighted by molar-refractivity contribution is 7.99. The summed E-state index contributed by atoms with van der Waals surface area (Å²) in [5.41, 5.74) is 2.61. The first-order valence-corrected chi connectivity index (χ1v) is 8.59. The van der Waals surface area contributed by atoms with Crippen LogP contribution >= 0.6 is 23.4 Å². The summed E-state index contributed by atoms with van der Waals surface area (Å²) >= 11 is 7.53. The van der Waals surface area contributed by atoms with Crippen LogP contribution in [0.25, 0.3) is 0 Å². The van der Waals surface area contributed by atoms with E-state index in [4.69, 9.17) is 16.3 Å². The number of nitrogens with zero attached hydrogens (tertiary/aromatic N) is 4. The van der Waals surface area contributed by atoms with E-state index in [9.17, 15) is 0 Å². The summed E-state index contributed by atoms with van der Waals surface area (Å²) in [6, 6.07) is 9.90. The van der Waals surface area contributed by atoms with Gasteiger partial charge in [0.15, 0.2) is 0 Å². The summed E-state index contributed by atoms with van der Waals surface area (Å²) in [7, 11) is 1.84. The van der Waals surface area contributed by atoms with Crippen molar-refractivity contribution in [3.63, 3.8) is 0 Å². The van der Waals surface area contributed by atoms with Crippen LogP contribution in [0.1, 0.15) is 17.1 Å². The van der Waals surface area contributed by atoms with Gasteiger partial charge in [-0.3, -0.25) is 0 Å². The maximum atomic E-state index is 5.95. The molecule has 0 N–H and O–H groups in total. The monoisotopic (exact) mass is 360 g/mol. The molecule has 3 rings (SSSR count). The van der Waals surface area contributed by atoms with Gasteiger partial charge in [-0.15, -0.1) is 0 Å². The molecule has 0 saturated heterocycles. The molecule has 0 unspecified atom stereocenters. The minimum atomic E-state index is 0.327. The molecule has 2 heterocycles. The molecule has 0 fully saturated rings. The smallest absolute Gasteiger partial charge is 0.323 e. The molecule has 0 aliphatic rings. The van der Waals surface area contributed by atoms with Crippen molar-refractivity contribution in [3.8, 4) is 11.9 Å². The van der Waals surface area contributed by atoms with Crippen LogP contribution < -0.4 is 4.74 Å². The molecule has 0 radical (unpaired) electrons. The summed E-state index contributed by atoms with van der Waals surface area (Å²) in [6.07, 6.45) is 0. The second kappa shape index (κ2) is 6.83. The van der Waals surface area contributed by atoms with Gasteiger partial charge in [0.05, 0.1) is 10.6 Å². The molecule has 2 aromatic heterocycles. The number of halogens is 1. The van der Waals surface area contributed by atoms with E-state index in [1.807, 2.05) is 58.2 Å².